The van der Waals surface area contributed by atoms with Crippen LogP contribution in [0.25, 0.3) is 22.2 Å². The molecule has 1 aromatic heterocycles. The van der Waals surface area contributed by atoms with Crippen LogP contribution in [-0.4, -0.2) is 46.6 Å². The number of aromatic nitrogens is 2. The molecule has 0 unspecified atom stereocenters. The number of aryl methyl sites for hydroxylation is 1. The first kappa shape index (κ1) is 17.1. The Morgan fingerprint density at radius 1 is 0.840 bits per heavy atom. The van der Waals surface area contributed by atoms with E-state index in [4.69, 9.17) is 19.7 Å². The molecule has 0 saturated heterocycles. The van der Waals surface area contributed by atoms with E-state index >= 15 is 0 Å². The van der Waals surface area contributed by atoms with Gasteiger partial charge in [0, 0.05) is 17.3 Å². The Kier molecular flexibility index (Phi) is 5.42. The van der Waals surface area contributed by atoms with E-state index in [9.17, 15) is 0 Å². The molecule has 6 nitrogen and oxygen atoms in total. The van der Waals surface area contributed by atoms with Crippen LogP contribution in [0.2, 0.25) is 0 Å². The number of aliphatic hydroxyl groups is 2. The Morgan fingerprint density at radius 3 is 2.36 bits per heavy atom. The smallest absolute Gasteiger partial charge is 0.217 e. The summed E-state index contributed by atoms with van der Waals surface area (Å²) < 4.78 is 10.8. The van der Waals surface area contributed by atoms with Gasteiger partial charge in [0.15, 0.2) is 5.82 Å². The summed E-state index contributed by atoms with van der Waals surface area (Å²) >= 11 is 0. The van der Waals surface area contributed by atoms with Crippen LogP contribution in [0.15, 0.2) is 42.5 Å². The van der Waals surface area contributed by atoms with Crippen molar-refractivity contribution in [3.63, 3.8) is 0 Å². The first-order valence-electron chi connectivity index (χ1n) is 8.07. The highest BCUT2D eigenvalue weighted by molar-refractivity contribution is 5.87. The van der Waals surface area contributed by atoms with Crippen molar-refractivity contribution in [1.82, 2.24) is 9.97 Å². The maximum atomic E-state index is 8.89. The van der Waals surface area contributed by atoms with Crippen molar-refractivity contribution in [1.29, 1.82) is 0 Å². The van der Waals surface area contributed by atoms with Crippen LogP contribution in [0.1, 0.15) is 5.69 Å². The molecule has 3 aromatic rings. The van der Waals surface area contributed by atoms with Gasteiger partial charge < -0.3 is 19.7 Å². The minimum atomic E-state index is -0.0605. The fourth-order valence-electron chi connectivity index (χ4n) is 2.51. The van der Waals surface area contributed by atoms with E-state index in [2.05, 4.69) is 9.97 Å². The predicted octanol–water partition coefficient (Wildman–Crippen LogP) is 2.35. The van der Waals surface area contributed by atoms with Crippen molar-refractivity contribution in [3.05, 3.63) is 48.2 Å². The first-order chi connectivity index (χ1) is 12.2. The van der Waals surface area contributed by atoms with E-state index in [0.717, 1.165) is 27.8 Å². The lowest BCUT2D eigenvalue weighted by atomic mass is 10.1. The average Bonchev–Trinajstić information content (AvgIpc) is 2.63. The second kappa shape index (κ2) is 7.92. The fourth-order valence-corrected chi connectivity index (χ4v) is 2.51. The number of rotatable bonds is 7. The Morgan fingerprint density at radius 2 is 1.56 bits per heavy atom. The highest BCUT2D eigenvalue weighted by Gasteiger charge is 2.07. The topological polar surface area (TPSA) is 84.7 Å². The zero-order valence-electron chi connectivity index (χ0n) is 14.0. The van der Waals surface area contributed by atoms with Gasteiger partial charge >= 0.3 is 0 Å². The van der Waals surface area contributed by atoms with E-state index in [0.29, 0.717) is 11.7 Å². The molecule has 3 rings (SSSR count). The molecule has 130 valence electrons. The van der Waals surface area contributed by atoms with E-state index in [1.807, 2.05) is 43.3 Å². The van der Waals surface area contributed by atoms with Crippen LogP contribution in [0.3, 0.4) is 0 Å². The summed E-state index contributed by atoms with van der Waals surface area (Å²) in [4.78, 5) is 8.88. The molecule has 1 heterocycles. The fraction of sp³-hybridized carbons (Fsp3) is 0.263. The molecule has 0 aliphatic carbocycles. The molecule has 2 aromatic carbocycles. The number of nitrogens with zero attached hydrogens (tertiary/aromatic N) is 2. The summed E-state index contributed by atoms with van der Waals surface area (Å²) in [5, 5.41) is 19.8. The minimum absolute atomic E-state index is 0.0115. The number of hydrogen-bond acceptors (Lipinski definition) is 6. The number of fused-ring (bicyclic) bond motifs is 1. The minimum Gasteiger partial charge on any atom is -0.491 e. The average molecular weight is 340 g/mol. The lowest BCUT2D eigenvalue weighted by Crippen LogP contribution is -2.04. The summed E-state index contributed by atoms with van der Waals surface area (Å²) in [7, 11) is 0. The molecule has 0 radical (unpaired) electrons. The molecule has 0 amide bonds. The van der Waals surface area contributed by atoms with Gasteiger partial charge in [-0.25, -0.2) is 4.98 Å². The van der Waals surface area contributed by atoms with Gasteiger partial charge in [0.2, 0.25) is 5.88 Å². The third-order valence-corrected chi connectivity index (χ3v) is 3.60. The third-order valence-electron chi connectivity index (χ3n) is 3.60. The van der Waals surface area contributed by atoms with E-state index < -0.39 is 0 Å². The van der Waals surface area contributed by atoms with Gasteiger partial charge in [0.25, 0.3) is 0 Å². The normalized spacial score (nSPS) is 10.8. The summed E-state index contributed by atoms with van der Waals surface area (Å²) in [5.74, 6) is 1.75. The molecule has 0 bridgehead atoms. The maximum absolute atomic E-state index is 8.89. The summed E-state index contributed by atoms with van der Waals surface area (Å²) in [5.41, 5.74) is 1.68. The SMILES string of the molecule is Cc1cc(OCCO)nc(-c2ccc3cc(OCCO)ccc3c2)n1. The molecule has 0 spiro atoms. The van der Waals surface area contributed by atoms with E-state index in [1.54, 1.807) is 6.07 Å². The zero-order chi connectivity index (χ0) is 17.6. The number of benzene rings is 2. The molecule has 2 N–H and O–H groups in total. The Bertz CT molecular complexity index is 867. The number of ether oxygens (including phenoxy) is 2. The molecule has 0 aliphatic heterocycles. The summed E-state index contributed by atoms with van der Waals surface area (Å²) in [6.07, 6.45) is 0. The highest BCUT2D eigenvalue weighted by atomic mass is 16.5. The van der Waals surface area contributed by atoms with Gasteiger partial charge in [0.1, 0.15) is 19.0 Å². The molecular weight excluding hydrogens is 320 g/mol. The molecule has 0 saturated carbocycles. The number of aliphatic hydroxyl groups excluding tert-OH is 2. The van der Waals surface area contributed by atoms with Crippen LogP contribution < -0.4 is 9.47 Å². The van der Waals surface area contributed by atoms with Gasteiger partial charge in [-0.2, -0.15) is 4.98 Å². The molecule has 0 aliphatic rings. The van der Waals surface area contributed by atoms with Crippen molar-refractivity contribution < 1.29 is 19.7 Å². The molecule has 0 atom stereocenters. The monoisotopic (exact) mass is 340 g/mol. The second-order valence-electron chi connectivity index (χ2n) is 5.54. The lowest BCUT2D eigenvalue weighted by molar-refractivity contribution is 0.196. The van der Waals surface area contributed by atoms with Crippen molar-refractivity contribution in [3.8, 4) is 23.0 Å². The predicted molar refractivity (Wildman–Crippen MR) is 94.9 cm³/mol. The van der Waals surface area contributed by atoms with E-state index in [1.165, 1.54) is 0 Å². The van der Waals surface area contributed by atoms with Gasteiger partial charge in [-0.15, -0.1) is 0 Å². The van der Waals surface area contributed by atoms with Crippen LogP contribution in [-0.2, 0) is 0 Å². The largest absolute Gasteiger partial charge is 0.491 e. The van der Waals surface area contributed by atoms with Gasteiger partial charge in [-0.3, -0.25) is 0 Å². The first-order valence-corrected chi connectivity index (χ1v) is 8.07. The van der Waals surface area contributed by atoms with Crippen molar-refractivity contribution in [2.45, 2.75) is 6.92 Å². The lowest BCUT2D eigenvalue weighted by Gasteiger charge is -2.09. The summed E-state index contributed by atoms with van der Waals surface area (Å²) in [6.45, 7) is 2.28. The van der Waals surface area contributed by atoms with Crippen LogP contribution in [0.5, 0.6) is 11.6 Å². The number of hydrogen-bond donors (Lipinski definition) is 2. The Balaban J connectivity index is 1.92. The van der Waals surface area contributed by atoms with Crippen molar-refractivity contribution in [2.24, 2.45) is 0 Å². The quantitative estimate of drug-likeness (QED) is 0.687. The van der Waals surface area contributed by atoms with Crippen molar-refractivity contribution in [2.75, 3.05) is 26.4 Å². The highest BCUT2D eigenvalue weighted by Crippen LogP contribution is 2.26. The Hall–Kier alpha value is -2.70. The second-order valence-corrected chi connectivity index (χ2v) is 5.54. The maximum Gasteiger partial charge on any atom is 0.217 e. The third kappa shape index (κ3) is 4.23. The van der Waals surface area contributed by atoms with Crippen LogP contribution >= 0.6 is 0 Å². The standard InChI is InChI=1S/C19H20N2O4/c1-13-10-18(25-9-7-23)21-19(20-13)16-3-2-15-12-17(24-8-6-22)5-4-14(15)11-16/h2-5,10-12,22-23H,6-9H2,1H3. The molecule has 0 fully saturated rings. The van der Waals surface area contributed by atoms with Gasteiger partial charge in [-0.1, -0.05) is 18.2 Å². The van der Waals surface area contributed by atoms with Crippen LogP contribution in [0, 0.1) is 6.92 Å². The van der Waals surface area contributed by atoms with Crippen molar-refractivity contribution >= 4 is 10.8 Å². The van der Waals surface area contributed by atoms with E-state index in [-0.39, 0.29) is 26.4 Å². The summed E-state index contributed by atoms with van der Waals surface area (Å²) in [6, 6.07) is 13.4. The van der Waals surface area contributed by atoms with Gasteiger partial charge in [0.05, 0.1) is 13.2 Å². The molecule has 25 heavy (non-hydrogen) atoms. The molecule has 6 heteroatoms. The molecular formula is C19H20N2O4. The van der Waals surface area contributed by atoms with Gasteiger partial charge in [-0.05, 0) is 35.9 Å². The van der Waals surface area contributed by atoms with Crippen LogP contribution in [0.4, 0.5) is 0 Å². The zero-order valence-corrected chi connectivity index (χ0v) is 14.0. The Labute approximate surface area is 145 Å².